The van der Waals surface area contributed by atoms with Crippen molar-refractivity contribution in [2.24, 2.45) is 5.73 Å². The molecule has 0 saturated heterocycles. The summed E-state index contributed by atoms with van der Waals surface area (Å²) < 4.78 is 10.5. The maximum absolute atomic E-state index is 11.8. The van der Waals surface area contributed by atoms with Gasteiger partial charge in [0.25, 0.3) is 0 Å². The van der Waals surface area contributed by atoms with Crippen LogP contribution >= 0.6 is 12.2 Å². The van der Waals surface area contributed by atoms with Crippen LogP contribution < -0.4 is 15.8 Å². The van der Waals surface area contributed by atoms with Crippen LogP contribution in [0.4, 0.5) is 5.69 Å². The highest BCUT2D eigenvalue weighted by atomic mass is 32.1. The summed E-state index contributed by atoms with van der Waals surface area (Å²) in [4.78, 5) is 12.0. The Labute approximate surface area is 124 Å². The van der Waals surface area contributed by atoms with Gasteiger partial charge < -0.3 is 20.5 Å². The van der Waals surface area contributed by atoms with Gasteiger partial charge in [-0.1, -0.05) is 18.3 Å². The van der Waals surface area contributed by atoms with Crippen molar-refractivity contribution >= 4 is 28.8 Å². The Kier molecular flexibility index (Phi) is 6.97. The van der Waals surface area contributed by atoms with Crippen molar-refractivity contribution in [3.63, 3.8) is 0 Å². The van der Waals surface area contributed by atoms with Crippen molar-refractivity contribution in [2.75, 3.05) is 19.0 Å². The van der Waals surface area contributed by atoms with Gasteiger partial charge in [-0.3, -0.25) is 4.79 Å². The number of carbonyl (C=O) groups excluding carboxylic acids is 1. The lowest BCUT2D eigenvalue weighted by molar-refractivity contribution is -0.116. The van der Waals surface area contributed by atoms with Gasteiger partial charge in [0.15, 0.2) is 0 Å². The first-order valence-corrected chi connectivity index (χ1v) is 6.76. The molecule has 6 heteroatoms. The summed E-state index contributed by atoms with van der Waals surface area (Å²) in [6.45, 7) is 2.11. The molecule has 5 nitrogen and oxygen atoms in total. The number of thiocarbonyl (C=S) groups is 1. The Balaban J connectivity index is 2.48. The number of nitrogens with one attached hydrogen (secondary N) is 1. The zero-order chi connectivity index (χ0) is 15.0. The Morgan fingerprint density at radius 2 is 2.25 bits per heavy atom. The highest BCUT2D eigenvalue weighted by Crippen LogP contribution is 2.17. The molecule has 0 heterocycles. The molecule has 1 atom stereocenters. The molecule has 1 amide bonds. The minimum absolute atomic E-state index is 0.0552. The standard InChI is InChI=1S/C14H20N2O3S/c1-10(18-2)6-7-14(17)16-11-4-3-5-12(8-11)19-9-13(15)20/h3-5,8,10H,6-7,9H2,1-2H3,(H2,15,20)(H,16,17). The quantitative estimate of drug-likeness (QED) is 0.719. The number of ether oxygens (including phenoxy) is 2. The lowest BCUT2D eigenvalue weighted by Crippen LogP contribution is -2.18. The molecule has 0 aliphatic rings. The number of amides is 1. The Morgan fingerprint density at radius 3 is 2.90 bits per heavy atom. The van der Waals surface area contributed by atoms with Crippen molar-refractivity contribution < 1.29 is 14.3 Å². The molecule has 0 aliphatic heterocycles. The van der Waals surface area contributed by atoms with Gasteiger partial charge in [-0.15, -0.1) is 0 Å². The van der Waals surface area contributed by atoms with E-state index in [4.69, 9.17) is 27.4 Å². The topological polar surface area (TPSA) is 73.6 Å². The third-order valence-electron chi connectivity index (χ3n) is 2.68. The second-order valence-electron chi connectivity index (χ2n) is 4.42. The molecule has 0 bridgehead atoms. The molecule has 0 radical (unpaired) electrons. The molecule has 0 aliphatic carbocycles. The van der Waals surface area contributed by atoms with Crippen LogP contribution in [0.15, 0.2) is 24.3 Å². The first-order valence-electron chi connectivity index (χ1n) is 6.35. The first-order chi connectivity index (χ1) is 9.51. The molecular formula is C14H20N2O3S. The second-order valence-corrected chi connectivity index (χ2v) is 4.94. The molecule has 0 spiro atoms. The van der Waals surface area contributed by atoms with Crippen molar-refractivity contribution in [3.05, 3.63) is 24.3 Å². The van der Waals surface area contributed by atoms with Gasteiger partial charge in [-0.2, -0.15) is 0 Å². The van der Waals surface area contributed by atoms with Crippen LogP contribution in [0.5, 0.6) is 5.75 Å². The summed E-state index contributed by atoms with van der Waals surface area (Å²) in [6, 6.07) is 7.10. The van der Waals surface area contributed by atoms with Crippen LogP contribution in [0.25, 0.3) is 0 Å². The minimum Gasteiger partial charge on any atom is -0.486 e. The maximum Gasteiger partial charge on any atom is 0.224 e. The molecule has 1 rings (SSSR count). The lowest BCUT2D eigenvalue weighted by Gasteiger charge is -2.10. The molecule has 3 N–H and O–H groups in total. The predicted molar refractivity (Wildman–Crippen MR) is 83.1 cm³/mol. The van der Waals surface area contributed by atoms with Gasteiger partial charge in [0.1, 0.15) is 17.3 Å². The fourth-order valence-corrected chi connectivity index (χ4v) is 1.55. The highest BCUT2D eigenvalue weighted by Gasteiger charge is 2.07. The Hall–Kier alpha value is -1.66. The third kappa shape index (κ3) is 6.49. The number of carbonyl (C=O) groups is 1. The van der Waals surface area contributed by atoms with E-state index in [1.807, 2.05) is 6.92 Å². The van der Waals surface area contributed by atoms with E-state index in [2.05, 4.69) is 5.32 Å². The van der Waals surface area contributed by atoms with Crippen molar-refractivity contribution in [3.8, 4) is 5.75 Å². The van der Waals surface area contributed by atoms with Crippen molar-refractivity contribution in [1.82, 2.24) is 0 Å². The van der Waals surface area contributed by atoms with Crippen LogP contribution in [-0.2, 0) is 9.53 Å². The molecule has 0 aromatic heterocycles. The molecule has 1 aromatic rings. The Bertz CT molecular complexity index is 465. The molecule has 1 unspecified atom stereocenters. The third-order valence-corrected chi connectivity index (χ3v) is 2.80. The van der Waals surface area contributed by atoms with Gasteiger partial charge in [0, 0.05) is 25.3 Å². The first kappa shape index (κ1) is 16.4. The number of anilines is 1. The van der Waals surface area contributed by atoms with Crippen LogP contribution in [-0.4, -0.2) is 30.7 Å². The van der Waals surface area contributed by atoms with E-state index in [1.54, 1.807) is 31.4 Å². The summed E-state index contributed by atoms with van der Waals surface area (Å²) in [6.07, 6.45) is 1.16. The fourth-order valence-electron chi connectivity index (χ4n) is 1.49. The number of methoxy groups -OCH3 is 1. The second kappa shape index (κ2) is 8.50. The predicted octanol–water partition coefficient (Wildman–Crippen LogP) is 2.11. The van der Waals surface area contributed by atoms with Crippen molar-refractivity contribution in [2.45, 2.75) is 25.9 Å². The van der Waals surface area contributed by atoms with Crippen LogP contribution in [0.3, 0.4) is 0 Å². The average Bonchev–Trinajstić information content (AvgIpc) is 2.43. The van der Waals surface area contributed by atoms with E-state index in [9.17, 15) is 4.79 Å². The monoisotopic (exact) mass is 296 g/mol. The number of benzene rings is 1. The highest BCUT2D eigenvalue weighted by molar-refractivity contribution is 7.80. The number of hydrogen-bond donors (Lipinski definition) is 2. The number of rotatable bonds is 8. The summed E-state index contributed by atoms with van der Waals surface area (Å²) in [5.74, 6) is 0.557. The molecular weight excluding hydrogens is 276 g/mol. The maximum atomic E-state index is 11.8. The molecule has 110 valence electrons. The van der Waals surface area contributed by atoms with Crippen LogP contribution in [0.2, 0.25) is 0 Å². The molecule has 0 saturated carbocycles. The van der Waals surface area contributed by atoms with E-state index in [1.165, 1.54) is 0 Å². The number of nitrogens with two attached hydrogens (primary N) is 1. The van der Waals surface area contributed by atoms with Crippen LogP contribution in [0.1, 0.15) is 19.8 Å². The van der Waals surface area contributed by atoms with E-state index < -0.39 is 0 Å². The zero-order valence-corrected chi connectivity index (χ0v) is 12.5. The van der Waals surface area contributed by atoms with Gasteiger partial charge in [0.2, 0.25) is 5.91 Å². The molecule has 1 aromatic carbocycles. The van der Waals surface area contributed by atoms with Crippen LogP contribution in [0, 0.1) is 0 Å². The van der Waals surface area contributed by atoms with Crippen molar-refractivity contribution in [1.29, 1.82) is 0 Å². The summed E-state index contributed by atoms with van der Waals surface area (Å²) >= 11 is 4.74. The minimum atomic E-state index is -0.0552. The molecule has 20 heavy (non-hydrogen) atoms. The van der Waals surface area contributed by atoms with E-state index >= 15 is 0 Å². The molecule has 0 fully saturated rings. The van der Waals surface area contributed by atoms with Gasteiger partial charge in [0.05, 0.1) is 6.10 Å². The van der Waals surface area contributed by atoms with E-state index in [0.29, 0.717) is 24.3 Å². The van der Waals surface area contributed by atoms with Gasteiger partial charge in [-0.05, 0) is 25.5 Å². The normalized spacial score (nSPS) is 11.7. The van der Waals surface area contributed by atoms with E-state index in [-0.39, 0.29) is 23.6 Å². The zero-order valence-electron chi connectivity index (χ0n) is 11.7. The van der Waals surface area contributed by atoms with Gasteiger partial charge in [-0.25, -0.2) is 0 Å². The summed E-state index contributed by atoms with van der Waals surface area (Å²) in [5, 5.41) is 2.81. The largest absolute Gasteiger partial charge is 0.486 e. The smallest absolute Gasteiger partial charge is 0.224 e. The summed E-state index contributed by atoms with van der Waals surface area (Å²) in [7, 11) is 1.63. The average molecular weight is 296 g/mol. The van der Waals surface area contributed by atoms with Gasteiger partial charge >= 0.3 is 0 Å². The number of hydrogen-bond acceptors (Lipinski definition) is 4. The summed E-state index contributed by atoms with van der Waals surface area (Å²) in [5.41, 5.74) is 6.05. The SMILES string of the molecule is COC(C)CCC(=O)Nc1cccc(OCC(N)=S)c1. The lowest BCUT2D eigenvalue weighted by atomic mass is 10.2. The fraction of sp³-hybridized carbons (Fsp3) is 0.429. The van der Waals surface area contributed by atoms with E-state index in [0.717, 1.165) is 0 Å². The Morgan fingerprint density at radius 1 is 1.50 bits per heavy atom.